The molecular formula is C24H16ClNO6. The number of para-hydroxylation sites is 1. The van der Waals surface area contributed by atoms with Crippen molar-refractivity contribution < 1.29 is 24.0 Å². The van der Waals surface area contributed by atoms with Crippen LogP contribution < -0.4 is 0 Å². The maximum Gasteiger partial charge on any atom is 0.352 e. The van der Waals surface area contributed by atoms with E-state index in [1.807, 2.05) is 0 Å². The zero-order valence-corrected chi connectivity index (χ0v) is 17.5. The van der Waals surface area contributed by atoms with Crippen molar-refractivity contribution in [1.29, 1.82) is 0 Å². The van der Waals surface area contributed by atoms with Gasteiger partial charge in [-0.15, -0.1) is 0 Å². The van der Waals surface area contributed by atoms with Gasteiger partial charge in [-0.1, -0.05) is 53.8 Å². The van der Waals surface area contributed by atoms with E-state index in [9.17, 15) is 19.7 Å². The number of ether oxygens (including phenoxy) is 2. The molecule has 0 spiro atoms. The molecule has 0 aliphatic carbocycles. The second-order valence-corrected chi connectivity index (χ2v) is 6.84. The molecule has 0 radical (unpaired) electrons. The third-order valence-electron chi connectivity index (χ3n) is 4.39. The van der Waals surface area contributed by atoms with Crippen LogP contribution in [-0.4, -0.2) is 24.0 Å². The van der Waals surface area contributed by atoms with Crippen molar-refractivity contribution in [3.05, 3.63) is 110 Å². The van der Waals surface area contributed by atoms with Crippen molar-refractivity contribution >= 4 is 29.2 Å². The molecule has 8 heteroatoms. The Morgan fingerprint density at radius 1 is 0.969 bits per heavy atom. The fourth-order valence-corrected chi connectivity index (χ4v) is 3.01. The van der Waals surface area contributed by atoms with Crippen LogP contribution in [-0.2, 0) is 14.3 Å². The van der Waals surface area contributed by atoms with E-state index in [2.05, 4.69) is 11.8 Å². The number of nitrogens with zero attached hydrogens (tertiary/aromatic N) is 1. The van der Waals surface area contributed by atoms with E-state index >= 15 is 0 Å². The molecule has 0 aliphatic heterocycles. The number of halogens is 1. The van der Waals surface area contributed by atoms with Crippen molar-refractivity contribution in [3.63, 3.8) is 0 Å². The predicted octanol–water partition coefficient (Wildman–Crippen LogP) is 4.72. The van der Waals surface area contributed by atoms with Crippen LogP contribution in [0.3, 0.4) is 0 Å². The smallest absolute Gasteiger partial charge is 0.352 e. The van der Waals surface area contributed by atoms with E-state index < -0.39 is 23.0 Å². The Kier molecular flexibility index (Phi) is 7.21. The molecule has 0 N–H and O–H groups in total. The van der Waals surface area contributed by atoms with Gasteiger partial charge in [-0.05, 0) is 36.4 Å². The summed E-state index contributed by atoms with van der Waals surface area (Å²) in [6.45, 7) is 0. The zero-order chi connectivity index (χ0) is 23.1. The maximum atomic E-state index is 12.6. The molecule has 3 aromatic carbocycles. The Bertz CT molecular complexity index is 1230. The highest BCUT2D eigenvalue weighted by molar-refractivity contribution is 6.31. The van der Waals surface area contributed by atoms with Crippen molar-refractivity contribution in [2.45, 2.75) is 6.10 Å². The van der Waals surface area contributed by atoms with E-state index in [1.165, 1.54) is 25.3 Å². The molecular weight excluding hydrogens is 434 g/mol. The first kappa shape index (κ1) is 22.5. The van der Waals surface area contributed by atoms with Gasteiger partial charge in [0.25, 0.3) is 5.69 Å². The molecule has 7 nitrogen and oxygen atoms in total. The Balaban J connectivity index is 1.79. The van der Waals surface area contributed by atoms with Gasteiger partial charge in [-0.3, -0.25) is 10.1 Å². The SMILES string of the molecule is COC(=O)C(OC(=O)c1ccc(C#Cc2ccccc2[N+](=O)[O-])cc1)c1ccccc1Cl. The molecule has 0 saturated carbocycles. The van der Waals surface area contributed by atoms with Crippen molar-refractivity contribution in [1.82, 2.24) is 0 Å². The molecule has 0 aliphatic rings. The lowest BCUT2D eigenvalue weighted by Gasteiger charge is -2.17. The minimum absolute atomic E-state index is 0.0892. The minimum Gasteiger partial charge on any atom is -0.466 e. The van der Waals surface area contributed by atoms with Crippen LogP contribution in [0, 0.1) is 22.0 Å². The third-order valence-corrected chi connectivity index (χ3v) is 4.73. The lowest BCUT2D eigenvalue weighted by atomic mass is 10.1. The number of hydrogen-bond acceptors (Lipinski definition) is 6. The summed E-state index contributed by atoms with van der Waals surface area (Å²) in [6.07, 6.45) is -1.32. The first-order chi connectivity index (χ1) is 15.4. The highest BCUT2D eigenvalue weighted by Crippen LogP contribution is 2.27. The Labute approximate surface area is 188 Å². The summed E-state index contributed by atoms with van der Waals surface area (Å²) in [7, 11) is 1.19. The lowest BCUT2D eigenvalue weighted by molar-refractivity contribution is -0.385. The van der Waals surface area contributed by atoms with Gasteiger partial charge in [0.05, 0.1) is 17.6 Å². The highest BCUT2D eigenvalue weighted by atomic mass is 35.5. The van der Waals surface area contributed by atoms with Gasteiger partial charge in [0.15, 0.2) is 0 Å². The van der Waals surface area contributed by atoms with Gasteiger partial charge in [-0.2, -0.15) is 0 Å². The summed E-state index contributed by atoms with van der Waals surface area (Å²) >= 11 is 6.13. The van der Waals surface area contributed by atoms with Crippen LogP contribution in [0.4, 0.5) is 5.69 Å². The number of carbonyl (C=O) groups excluding carboxylic acids is 2. The zero-order valence-electron chi connectivity index (χ0n) is 16.8. The number of nitro groups is 1. The monoisotopic (exact) mass is 449 g/mol. The van der Waals surface area contributed by atoms with Crippen molar-refractivity contribution in [2.24, 2.45) is 0 Å². The van der Waals surface area contributed by atoms with Crippen LogP contribution in [0.25, 0.3) is 0 Å². The molecule has 1 unspecified atom stereocenters. The van der Waals surface area contributed by atoms with Gasteiger partial charge in [-0.25, -0.2) is 9.59 Å². The molecule has 0 saturated heterocycles. The van der Waals surface area contributed by atoms with E-state index in [1.54, 1.807) is 54.6 Å². The van der Waals surface area contributed by atoms with Crippen LogP contribution in [0.1, 0.15) is 33.2 Å². The predicted molar refractivity (Wildman–Crippen MR) is 117 cm³/mol. The quantitative estimate of drug-likeness (QED) is 0.242. The number of carbonyl (C=O) groups is 2. The molecule has 3 rings (SSSR count). The molecule has 1 atom stereocenters. The highest BCUT2D eigenvalue weighted by Gasteiger charge is 2.28. The maximum absolute atomic E-state index is 12.6. The first-order valence-corrected chi connectivity index (χ1v) is 9.67. The summed E-state index contributed by atoms with van der Waals surface area (Å²) in [6, 6.07) is 18.7. The Morgan fingerprint density at radius 2 is 1.62 bits per heavy atom. The second kappa shape index (κ2) is 10.2. The van der Waals surface area contributed by atoms with Crippen LogP contribution in [0.5, 0.6) is 0 Å². The standard InChI is InChI=1S/C24H16ClNO6/c1-31-24(28)22(19-7-3-4-8-20(19)25)32-23(27)18-14-11-16(12-15-18)10-13-17-6-2-5-9-21(17)26(29)30/h2-9,11-12,14-15,22H,1H3. The summed E-state index contributed by atoms with van der Waals surface area (Å²) in [5.74, 6) is 4.07. The van der Waals surface area contributed by atoms with Crippen LogP contribution in [0.2, 0.25) is 5.02 Å². The first-order valence-electron chi connectivity index (χ1n) is 9.29. The van der Waals surface area contributed by atoms with Crippen molar-refractivity contribution in [3.8, 4) is 11.8 Å². The fraction of sp³-hybridized carbons (Fsp3) is 0.0833. The van der Waals surface area contributed by atoms with E-state index in [4.69, 9.17) is 21.1 Å². The van der Waals surface area contributed by atoms with Gasteiger partial charge >= 0.3 is 11.9 Å². The molecule has 32 heavy (non-hydrogen) atoms. The number of methoxy groups -OCH3 is 1. The summed E-state index contributed by atoms with van der Waals surface area (Å²) in [5.41, 5.74) is 1.22. The van der Waals surface area contributed by atoms with E-state index in [-0.39, 0.29) is 21.8 Å². The van der Waals surface area contributed by atoms with Gasteiger partial charge < -0.3 is 9.47 Å². The number of benzene rings is 3. The van der Waals surface area contributed by atoms with Gasteiger partial charge in [0.1, 0.15) is 5.56 Å². The second-order valence-electron chi connectivity index (χ2n) is 6.43. The Morgan fingerprint density at radius 3 is 2.28 bits per heavy atom. The van der Waals surface area contributed by atoms with E-state index in [0.717, 1.165) is 0 Å². The van der Waals surface area contributed by atoms with Gasteiger partial charge in [0, 0.05) is 22.2 Å². The molecule has 0 heterocycles. The number of rotatable bonds is 5. The Hall–Kier alpha value is -4.15. The van der Waals surface area contributed by atoms with Crippen molar-refractivity contribution in [2.75, 3.05) is 7.11 Å². The largest absolute Gasteiger partial charge is 0.466 e. The van der Waals surface area contributed by atoms with E-state index in [0.29, 0.717) is 11.1 Å². The number of esters is 2. The summed E-state index contributed by atoms with van der Waals surface area (Å²) in [5, 5.41) is 11.3. The average molecular weight is 450 g/mol. The number of hydrogen-bond donors (Lipinski definition) is 0. The topological polar surface area (TPSA) is 95.7 Å². The lowest BCUT2D eigenvalue weighted by Crippen LogP contribution is -2.21. The van der Waals surface area contributed by atoms with Gasteiger partial charge in [0.2, 0.25) is 6.10 Å². The average Bonchev–Trinajstić information content (AvgIpc) is 2.81. The summed E-state index contributed by atoms with van der Waals surface area (Å²) in [4.78, 5) is 35.3. The minimum atomic E-state index is -1.32. The molecule has 0 fully saturated rings. The molecule has 3 aromatic rings. The van der Waals surface area contributed by atoms with Crippen LogP contribution >= 0.6 is 11.6 Å². The van der Waals surface area contributed by atoms with Crippen LogP contribution in [0.15, 0.2) is 72.8 Å². The molecule has 0 amide bonds. The number of nitro benzene ring substituents is 1. The summed E-state index contributed by atoms with van der Waals surface area (Å²) < 4.78 is 10.1. The normalized spacial score (nSPS) is 10.9. The third kappa shape index (κ3) is 5.31. The molecule has 0 bridgehead atoms. The molecule has 160 valence electrons. The fourth-order valence-electron chi connectivity index (χ4n) is 2.78. The molecule has 0 aromatic heterocycles.